The Hall–Kier alpha value is -2.93. The third kappa shape index (κ3) is 3.11. The second-order valence-electron chi connectivity index (χ2n) is 6.39. The van der Waals surface area contributed by atoms with Crippen LogP contribution in [0.25, 0.3) is 22.4 Å². The molecule has 0 saturated heterocycles. The first-order chi connectivity index (χ1) is 13.8. The van der Waals surface area contributed by atoms with Crippen molar-refractivity contribution in [1.82, 2.24) is 14.5 Å². The summed E-state index contributed by atoms with van der Waals surface area (Å²) in [7, 11) is 0. The van der Waals surface area contributed by atoms with Crippen molar-refractivity contribution in [1.29, 1.82) is 0 Å². The lowest BCUT2D eigenvalue weighted by Crippen LogP contribution is -2.15. The van der Waals surface area contributed by atoms with Gasteiger partial charge in [-0.1, -0.05) is 23.9 Å². The molecule has 3 heterocycles. The van der Waals surface area contributed by atoms with Gasteiger partial charge in [0.25, 0.3) is 0 Å². The molecule has 0 aliphatic carbocycles. The molecule has 1 aliphatic rings. The van der Waals surface area contributed by atoms with Crippen molar-refractivity contribution in [2.45, 2.75) is 24.4 Å². The van der Waals surface area contributed by atoms with E-state index < -0.39 is 0 Å². The van der Waals surface area contributed by atoms with Crippen LogP contribution in [0.5, 0.6) is 11.5 Å². The molecule has 0 radical (unpaired) electrons. The van der Waals surface area contributed by atoms with Gasteiger partial charge < -0.3 is 18.5 Å². The van der Waals surface area contributed by atoms with Gasteiger partial charge in [0.1, 0.15) is 18.7 Å². The van der Waals surface area contributed by atoms with Crippen LogP contribution in [0.2, 0.25) is 0 Å². The Kier molecular flexibility index (Phi) is 4.44. The number of oxazole rings is 1. The van der Waals surface area contributed by atoms with Crippen molar-refractivity contribution in [3.63, 3.8) is 0 Å². The maximum Gasteiger partial charge on any atom is 0.205 e. The number of hydrogen-bond acceptors (Lipinski definition) is 6. The Morgan fingerprint density at radius 2 is 1.93 bits per heavy atom. The maximum absolute atomic E-state index is 5.82. The van der Waals surface area contributed by atoms with Crippen molar-refractivity contribution in [2.75, 3.05) is 13.2 Å². The molecule has 5 rings (SSSR count). The van der Waals surface area contributed by atoms with Crippen molar-refractivity contribution in [2.24, 2.45) is 0 Å². The van der Waals surface area contributed by atoms with Crippen LogP contribution in [0, 0.1) is 0 Å². The second kappa shape index (κ2) is 7.24. The first-order valence-electron chi connectivity index (χ1n) is 9.24. The molecule has 0 unspecified atom stereocenters. The summed E-state index contributed by atoms with van der Waals surface area (Å²) in [6, 6.07) is 13.8. The molecule has 4 aromatic rings. The van der Waals surface area contributed by atoms with Crippen molar-refractivity contribution in [3.8, 4) is 22.8 Å². The lowest BCUT2D eigenvalue weighted by molar-refractivity contribution is 0.171. The number of hydrogen-bond donors (Lipinski definition) is 0. The standard InChI is InChI=1S/C21H19N3O3S/c1-2-24-16(14-7-8-18-19(11-14)26-10-9-25-18)12-22-21(24)28-13-20-23-15-5-3-4-6-17(15)27-20/h3-8,11-12H,2,9-10,13H2,1H3. The minimum Gasteiger partial charge on any atom is -0.486 e. The normalized spacial score (nSPS) is 13.2. The Morgan fingerprint density at radius 1 is 1.07 bits per heavy atom. The summed E-state index contributed by atoms with van der Waals surface area (Å²) in [5.41, 5.74) is 3.81. The van der Waals surface area contributed by atoms with Gasteiger partial charge in [-0.25, -0.2) is 9.97 Å². The Morgan fingerprint density at radius 3 is 2.79 bits per heavy atom. The fourth-order valence-electron chi connectivity index (χ4n) is 3.32. The van der Waals surface area contributed by atoms with Crippen molar-refractivity contribution >= 4 is 22.9 Å². The highest BCUT2D eigenvalue weighted by molar-refractivity contribution is 7.98. The number of thioether (sulfide) groups is 1. The summed E-state index contributed by atoms with van der Waals surface area (Å²) >= 11 is 1.62. The monoisotopic (exact) mass is 393 g/mol. The number of ether oxygens (including phenoxy) is 2. The highest BCUT2D eigenvalue weighted by Gasteiger charge is 2.17. The molecular weight excluding hydrogens is 374 g/mol. The number of aromatic nitrogens is 3. The van der Waals surface area contributed by atoms with E-state index in [1.54, 1.807) is 11.8 Å². The van der Waals surface area contributed by atoms with Gasteiger partial charge >= 0.3 is 0 Å². The lowest BCUT2D eigenvalue weighted by atomic mass is 10.1. The zero-order chi connectivity index (χ0) is 18.9. The molecule has 0 atom stereocenters. The van der Waals surface area contributed by atoms with Crippen LogP contribution in [-0.2, 0) is 12.3 Å². The van der Waals surface area contributed by atoms with E-state index in [2.05, 4.69) is 21.5 Å². The average molecular weight is 393 g/mol. The molecule has 0 bridgehead atoms. The van der Waals surface area contributed by atoms with Crippen LogP contribution >= 0.6 is 11.8 Å². The Balaban J connectivity index is 1.40. The van der Waals surface area contributed by atoms with E-state index in [-0.39, 0.29) is 0 Å². The molecular formula is C21H19N3O3S. The summed E-state index contributed by atoms with van der Waals surface area (Å²) in [6.07, 6.45) is 1.91. The van der Waals surface area contributed by atoms with Gasteiger partial charge in [-0.15, -0.1) is 0 Å². The van der Waals surface area contributed by atoms with Crippen molar-refractivity contribution < 1.29 is 13.9 Å². The van der Waals surface area contributed by atoms with E-state index in [1.165, 1.54) is 0 Å². The quantitative estimate of drug-likeness (QED) is 0.455. The summed E-state index contributed by atoms with van der Waals surface area (Å²) < 4.78 is 19.3. The summed E-state index contributed by atoms with van der Waals surface area (Å²) in [5, 5.41) is 0.939. The summed E-state index contributed by atoms with van der Waals surface area (Å²) in [5.74, 6) is 2.92. The Bertz CT molecular complexity index is 1100. The lowest BCUT2D eigenvalue weighted by Gasteiger charge is -2.19. The molecule has 2 aromatic carbocycles. The fraction of sp³-hybridized carbons (Fsp3) is 0.238. The predicted molar refractivity (Wildman–Crippen MR) is 108 cm³/mol. The van der Waals surface area contributed by atoms with E-state index in [0.29, 0.717) is 24.9 Å². The Labute approximate surface area is 166 Å². The highest BCUT2D eigenvalue weighted by atomic mass is 32.2. The van der Waals surface area contributed by atoms with E-state index in [0.717, 1.165) is 45.6 Å². The summed E-state index contributed by atoms with van der Waals surface area (Å²) in [6.45, 7) is 4.11. The van der Waals surface area contributed by atoms with Crippen LogP contribution in [0.1, 0.15) is 12.8 Å². The van der Waals surface area contributed by atoms with E-state index >= 15 is 0 Å². The van der Waals surface area contributed by atoms with Crippen LogP contribution in [0.3, 0.4) is 0 Å². The molecule has 0 spiro atoms. The van der Waals surface area contributed by atoms with E-state index in [9.17, 15) is 0 Å². The zero-order valence-electron chi connectivity index (χ0n) is 15.4. The first-order valence-corrected chi connectivity index (χ1v) is 10.2. The van der Waals surface area contributed by atoms with Gasteiger partial charge in [0.2, 0.25) is 5.89 Å². The van der Waals surface area contributed by atoms with Gasteiger partial charge in [-0.05, 0) is 37.3 Å². The predicted octanol–water partition coefficient (Wildman–Crippen LogP) is 4.77. The third-order valence-corrected chi connectivity index (χ3v) is 5.61. The van der Waals surface area contributed by atoms with E-state index in [1.807, 2.05) is 48.7 Å². The molecule has 7 heteroatoms. The van der Waals surface area contributed by atoms with Crippen LogP contribution in [-0.4, -0.2) is 27.7 Å². The molecule has 142 valence electrons. The number of fused-ring (bicyclic) bond motifs is 2. The number of benzene rings is 2. The zero-order valence-corrected chi connectivity index (χ0v) is 16.2. The molecule has 2 aromatic heterocycles. The van der Waals surface area contributed by atoms with Crippen LogP contribution in [0.15, 0.2) is 58.2 Å². The van der Waals surface area contributed by atoms with Gasteiger partial charge in [-0.3, -0.25) is 0 Å². The summed E-state index contributed by atoms with van der Waals surface area (Å²) in [4.78, 5) is 9.17. The maximum atomic E-state index is 5.82. The largest absolute Gasteiger partial charge is 0.486 e. The fourth-order valence-corrected chi connectivity index (χ4v) is 4.21. The highest BCUT2D eigenvalue weighted by Crippen LogP contribution is 2.36. The molecule has 1 aliphatic heterocycles. The smallest absolute Gasteiger partial charge is 0.205 e. The van der Waals surface area contributed by atoms with E-state index in [4.69, 9.17) is 13.9 Å². The van der Waals surface area contributed by atoms with Crippen LogP contribution < -0.4 is 9.47 Å². The number of nitrogens with zero attached hydrogens (tertiary/aromatic N) is 3. The molecule has 0 amide bonds. The molecule has 0 fully saturated rings. The van der Waals surface area contributed by atoms with Gasteiger partial charge in [0.15, 0.2) is 22.2 Å². The first kappa shape index (κ1) is 17.2. The number of rotatable bonds is 5. The topological polar surface area (TPSA) is 62.3 Å². The SMILES string of the molecule is CCn1c(-c2ccc3c(c2)OCCO3)cnc1SCc1nc2ccccc2o1. The van der Waals surface area contributed by atoms with Crippen LogP contribution in [0.4, 0.5) is 0 Å². The van der Waals surface area contributed by atoms with Gasteiger partial charge in [-0.2, -0.15) is 0 Å². The number of para-hydroxylation sites is 2. The minimum absolute atomic E-state index is 0.578. The van der Waals surface area contributed by atoms with Gasteiger partial charge in [0, 0.05) is 12.1 Å². The number of imidazole rings is 1. The molecule has 6 nitrogen and oxygen atoms in total. The van der Waals surface area contributed by atoms with Crippen molar-refractivity contribution in [3.05, 3.63) is 54.6 Å². The second-order valence-corrected chi connectivity index (χ2v) is 7.34. The average Bonchev–Trinajstić information content (AvgIpc) is 3.35. The third-order valence-electron chi connectivity index (χ3n) is 4.64. The minimum atomic E-state index is 0.578. The molecule has 28 heavy (non-hydrogen) atoms. The molecule has 0 N–H and O–H groups in total. The molecule has 0 saturated carbocycles. The van der Waals surface area contributed by atoms with Gasteiger partial charge in [0.05, 0.1) is 17.6 Å².